The lowest BCUT2D eigenvalue weighted by molar-refractivity contribution is -0.885. The summed E-state index contributed by atoms with van der Waals surface area (Å²) in [6, 6.07) is 9.50. The Kier molecular flexibility index (Phi) is 6.25. The molecular weight excluding hydrogens is 394 g/mol. The van der Waals surface area contributed by atoms with Crippen LogP contribution in [0, 0.1) is 5.92 Å². The van der Waals surface area contributed by atoms with E-state index in [-0.39, 0.29) is 17.9 Å². The van der Waals surface area contributed by atoms with Gasteiger partial charge in [-0.05, 0) is 42.9 Å². The molecule has 0 saturated carbocycles. The zero-order valence-corrected chi connectivity index (χ0v) is 19.0. The number of thiophene rings is 1. The van der Waals surface area contributed by atoms with E-state index in [1.807, 2.05) is 30.1 Å². The minimum atomic E-state index is -0.151. The average Bonchev–Trinajstić information content (AvgIpc) is 3.10. The first-order valence-electron chi connectivity index (χ1n) is 11.0. The fraction of sp³-hybridized carbons (Fsp3) is 0.500. The number of quaternary nitrogens is 1. The minimum Gasteiger partial charge on any atom is -0.338 e. The van der Waals surface area contributed by atoms with Crippen molar-refractivity contribution in [2.75, 3.05) is 32.5 Å². The van der Waals surface area contributed by atoms with Crippen molar-refractivity contribution in [3.05, 3.63) is 51.9 Å². The molecule has 1 aromatic carbocycles. The van der Waals surface area contributed by atoms with Crippen molar-refractivity contribution >= 4 is 28.2 Å². The predicted octanol–water partition coefficient (Wildman–Crippen LogP) is 2.87. The van der Waals surface area contributed by atoms with E-state index in [2.05, 4.69) is 19.3 Å². The van der Waals surface area contributed by atoms with Crippen LogP contribution in [0.1, 0.15) is 57.3 Å². The highest BCUT2D eigenvalue weighted by molar-refractivity contribution is 7.17. The van der Waals surface area contributed by atoms with E-state index < -0.39 is 0 Å². The molecule has 1 saturated heterocycles. The number of anilines is 1. The molecule has 1 aliphatic heterocycles. The van der Waals surface area contributed by atoms with E-state index in [4.69, 9.17) is 0 Å². The maximum Gasteiger partial charge on any atom is 0.257 e. The molecular formula is C24H32N3O2S+. The Morgan fingerprint density at radius 3 is 2.53 bits per heavy atom. The number of piperidine rings is 1. The Labute approximate surface area is 183 Å². The summed E-state index contributed by atoms with van der Waals surface area (Å²) in [5.41, 5.74) is 2.51. The second-order valence-electron chi connectivity index (χ2n) is 8.98. The van der Waals surface area contributed by atoms with Gasteiger partial charge < -0.3 is 15.1 Å². The third kappa shape index (κ3) is 4.30. The number of rotatable bonds is 4. The van der Waals surface area contributed by atoms with Gasteiger partial charge in [0.05, 0.1) is 25.7 Å². The first-order valence-corrected chi connectivity index (χ1v) is 11.8. The lowest BCUT2D eigenvalue weighted by atomic mass is 9.88. The summed E-state index contributed by atoms with van der Waals surface area (Å²) in [6.07, 6.45) is 5.06. The number of hydrogen-bond acceptors (Lipinski definition) is 3. The number of nitrogens with zero attached hydrogens (tertiary/aromatic N) is 1. The van der Waals surface area contributed by atoms with Gasteiger partial charge in [-0.25, -0.2) is 0 Å². The molecule has 160 valence electrons. The number of likely N-dealkylation sites (tertiary alicyclic amines) is 1. The predicted molar refractivity (Wildman–Crippen MR) is 122 cm³/mol. The number of hydrogen-bond donors (Lipinski definition) is 2. The first kappa shape index (κ1) is 21.1. The molecule has 1 aliphatic carbocycles. The minimum absolute atomic E-state index is 0.0648. The normalized spacial score (nSPS) is 23.5. The zero-order chi connectivity index (χ0) is 21.3. The highest BCUT2D eigenvalue weighted by Crippen LogP contribution is 2.40. The average molecular weight is 427 g/mol. The molecule has 5 nitrogen and oxygen atoms in total. The molecule has 1 unspecified atom stereocenters. The van der Waals surface area contributed by atoms with Gasteiger partial charge in [0, 0.05) is 36.4 Å². The van der Waals surface area contributed by atoms with Gasteiger partial charge in [0.15, 0.2) is 0 Å². The highest BCUT2D eigenvalue weighted by Gasteiger charge is 2.33. The molecule has 2 heterocycles. The fourth-order valence-corrected chi connectivity index (χ4v) is 6.05. The van der Waals surface area contributed by atoms with E-state index in [1.165, 1.54) is 9.78 Å². The van der Waals surface area contributed by atoms with Crippen LogP contribution in [0.15, 0.2) is 30.3 Å². The number of amides is 2. The van der Waals surface area contributed by atoms with Crippen molar-refractivity contribution in [1.82, 2.24) is 4.90 Å². The topological polar surface area (TPSA) is 53.9 Å². The second kappa shape index (κ2) is 8.90. The third-order valence-electron chi connectivity index (χ3n) is 6.67. The van der Waals surface area contributed by atoms with Crippen LogP contribution in [0.25, 0.3) is 0 Å². The van der Waals surface area contributed by atoms with Gasteiger partial charge in [0.1, 0.15) is 5.00 Å². The van der Waals surface area contributed by atoms with Crippen LogP contribution >= 0.6 is 11.3 Å². The van der Waals surface area contributed by atoms with Crippen molar-refractivity contribution in [2.45, 2.75) is 45.1 Å². The molecule has 30 heavy (non-hydrogen) atoms. The van der Waals surface area contributed by atoms with E-state index in [0.717, 1.165) is 61.3 Å². The largest absolute Gasteiger partial charge is 0.338 e. The Bertz CT molecular complexity index is 916. The summed E-state index contributed by atoms with van der Waals surface area (Å²) in [5.74, 6) is 0.531. The Balaban J connectivity index is 1.63. The quantitative estimate of drug-likeness (QED) is 0.790. The van der Waals surface area contributed by atoms with Gasteiger partial charge in [0.2, 0.25) is 0 Å². The summed E-state index contributed by atoms with van der Waals surface area (Å²) >= 11 is 1.60. The lowest BCUT2D eigenvalue weighted by Crippen LogP contribution is -3.10. The second-order valence-corrected chi connectivity index (χ2v) is 10.1. The van der Waals surface area contributed by atoms with Crippen molar-refractivity contribution < 1.29 is 14.5 Å². The van der Waals surface area contributed by atoms with Crippen LogP contribution in [0.3, 0.4) is 0 Å². The number of carbonyl (C=O) groups excluding carboxylic acids is 2. The molecule has 1 aromatic heterocycles. The van der Waals surface area contributed by atoms with Gasteiger partial charge in [-0.3, -0.25) is 9.59 Å². The Hall–Kier alpha value is -2.18. The monoisotopic (exact) mass is 426 g/mol. The Morgan fingerprint density at radius 1 is 1.13 bits per heavy atom. The maximum atomic E-state index is 13.7. The molecule has 1 atom stereocenters. The SMILES string of the molecule is CC1CCc2c(sc(NC(=O)c3ccccc3)c2C(=O)N(C)C2CC[NH+](C)CC2)C1. The van der Waals surface area contributed by atoms with E-state index in [9.17, 15) is 9.59 Å². The molecule has 0 spiro atoms. The van der Waals surface area contributed by atoms with Gasteiger partial charge in [-0.15, -0.1) is 11.3 Å². The van der Waals surface area contributed by atoms with Gasteiger partial charge in [-0.1, -0.05) is 25.1 Å². The lowest BCUT2D eigenvalue weighted by Gasteiger charge is -2.33. The van der Waals surface area contributed by atoms with Crippen LogP contribution < -0.4 is 10.2 Å². The summed E-state index contributed by atoms with van der Waals surface area (Å²) in [7, 11) is 4.15. The van der Waals surface area contributed by atoms with E-state index >= 15 is 0 Å². The molecule has 6 heteroatoms. The molecule has 2 N–H and O–H groups in total. The van der Waals surface area contributed by atoms with Crippen LogP contribution in [0.4, 0.5) is 5.00 Å². The highest BCUT2D eigenvalue weighted by atomic mass is 32.1. The third-order valence-corrected chi connectivity index (χ3v) is 7.84. The van der Waals surface area contributed by atoms with Crippen LogP contribution in [-0.4, -0.2) is 49.9 Å². The standard InChI is InChI=1S/C24H31N3O2S/c1-16-9-10-19-20(15-16)30-23(25-22(28)17-7-5-4-6-8-17)21(19)24(29)27(3)18-11-13-26(2)14-12-18/h4-8,16,18H,9-15H2,1-3H3,(H,25,28)/p+1. The van der Waals surface area contributed by atoms with Crippen LogP contribution in [-0.2, 0) is 12.8 Å². The maximum absolute atomic E-state index is 13.7. The summed E-state index contributed by atoms with van der Waals surface area (Å²) < 4.78 is 0. The summed E-state index contributed by atoms with van der Waals surface area (Å²) in [6.45, 7) is 4.46. The molecule has 0 bridgehead atoms. The molecule has 1 fully saturated rings. The van der Waals surface area contributed by atoms with Crippen molar-refractivity contribution in [1.29, 1.82) is 0 Å². The van der Waals surface area contributed by atoms with Gasteiger partial charge >= 0.3 is 0 Å². The smallest absolute Gasteiger partial charge is 0.257 e. The van der Waals surface area contributed by atoms with Crippen LogP contribution in [0.5, 0.6) is 0 Å². The van der Waals surface area contributed by atoms with E-state index in [1.54, 1.807) is 23.5 Å². The molecule has 2 aliphatic rings. The summed E-state index contributed by atoms with van der Waals surface area (Å²) in [5, 5.41) is 3.79. The molecule has 2 aromatic rings. The zero-order valence-electron chi connectivity index (χ0n) is 18.2. The first-order chi connectivity index (χ1) is 14.4. The van der Waals surface area contributed by atoms with E-state index in [0.29, 0.717) is 11.5 Å². The van der Waals surface area contributed by atoms with Crippen molar-refractivity contribution in [3.8, 4) is 0 Å². The number of fused-ring (bicyclic) bond motifs is 1. The Morgan fingerprint density at radius 2 is 1.83 bits per heavy atom. The van der Waals surface area contributed by atoms with Gasteiger partial charge in [-0.2, -0.15) is 0 Å². The summed E-state index contributed by atoms with van der Waals surface area (Å²) in [4.78, 5) is 31.2. The number of carbonyl (C=O) groups is 2. The van der Waals surface area contributed by atoms with Gasteiger partial charge in [0.25, 0.3) is 11.8 Å². The fourth-order valence-electron chi connectivity index (χ4n) is 4.65. The van der Waals surface area contributed by atoms with Crippen molar-refractivity contribution in [3.63, 3.8) is 0 Å². The van der Waals surface area contributed by atoms with Crippen molar-refractivity contribution in [2.24, 2.45) is 5.92 Å². The molecule has 2 amide bonds. The number of benzene rings is 1. The molecule has 4 rings (SSSR count). The number of nitrogens with one attached hydrogen (secondary N) is 2. The van der Waals surface area contributed by atoms with Crippen LogP contribution in [0.2, 0.25) is 0 Å². The molecule has 0 radical (unpaired) electrons.